The summed E-state index contributed by atoms with van der Waals surface area (Å²) in [6.45, 7) is -1.61. The lowest BCUT2D eigenvalue weighted by atomic mass is 9.81. The fourth-order valence-electron chi connectivity index (χ4n) is 2.40. The molecule has 2 atom stereocenters. The molecule has 1 heterocycles. The number of carbonyl (C=O) groups excluding carboxylic acids is 2. The number of carbonyl (C=O) groups is 2. The van der Waals surface area contributed by atoms with Crippen molar-refractivity contribution in [1.82, 2.24) is 5.06 Å². The van der Waals surface area contributed by atoms with Crippen LogP contribution in [-0.2, 0) is 14.4 Å². The fraction of sp³-hybridized carbons (Fsp3) is 0.800. The number of amides is 2. The third-order valence-corrected chi connectivity index (χ3v) is 3.16. The lowest BCUT2D eigenvalue weighted by molar-refractivity contribution is -0.239. The van der Waals surface area contributed by atoms with Crippen LogP contribution < -0.4 is 0 Å². The van der Waals surface area contributed by atoms with Crippen LogP contribution in [-0.4, -0.2) is 29.7 Å². The minimum absolute atomic E-state index is 0.314. The molecule has 0 radical (unpaired) electrons. The van der Waals surface area contributed by atoms with Gasteiger partial charge in [0.1, 0.15) is 0 Å². The first-order valence-corrected chi connectivity index (χ1v) is 5.47. The Morgan fingerprint density at radius 2 is 1.59 bits per heavy atom. The van der Waals surface area contributed by atoms with Crippen LogP contribution in [0.3, 0.4) is 0 Å². The summed E-state index contributed by atoms with van der Waals surface area (Å²) in [7, 11) is 0. The Hall–Kier alpha value is -1.11. The smallest absolute Gasteiger partial charge is 0.272 e. The highest BCUT2D eigenvalue weighted by molar-refractivity contribution is 6.04. The molecule has 4 nitrogen and oxygen atoms in total. The third-order valence-electron chi connectivity index (χ3n) is 3.16. The van der Waals surface area contributed by atoms with E-state index in [4.69, 9.17) is 0 Å². The minimum atomic E-state index is -4.55. The summed E-state index contributed by atoms with van der Waals surface area (Å²) in [5.41, 5.74) is 0. The van der Waals surface area contributed by atoms with Gasteiger partial charge in [0.15, 0.2) is 6.61 Å². The Bertz CT molecular complexity index is 318. The highest BCUT2D eigenvalue weighted by Crippen LogP contribution is 2.38. The molecule has 0 bridgehead atoms. The number of imide groups is 1. The summed E-state index contributed by atoms with van der Waals surface area (Å²) in [5, 5.41) is 0.314. The molecule has 96 valence electrons. The molecule has 0 aromatic carbocycles. The van der Waals surface area contributed by atoms with Crippen LogP contribution in [0.1, 0.15) is 25.7 Å². The minimum Gasteiger partial charge on any atom is -0.272 e. The first-order valence-electron chi connectivity index (χ1n) is 5.47. The molecule has 1 aliphatic carbocycles. The van der Waals surface area contributed by atoms with E-state index in [0.29, 0.717) is 17.9 Å². The second kappa shape index (κ2) is 4.29. The lowest BCUT2D eigenvalue weighted by Crippen LogP contribution is -2.35. The normalized spacial score (nSPS) is 29.7. The van der Waals surface area contributed by atoms with Gasteiger partial charge in [-0.3, -0.25) is 14.4 Å². The van der Waals surface area contributed by atoms with Crippen LogP contribution in [0.4, 0.5) is 13.2 Å². The van der Waals surface area contributed by atoms with Gasteiger partial charge in [-0.15, -0.1) is 0 Å². The maximum absolute atomic E-state index is 12.0. The van der Waals surface area contributed by atoms with Crippen molar-refractivity contribution in [2.24, 2.45) is 11.8 Å². The van der Waals surface area contributed by atoms with E-state index in [1.165, 1.54) is 0 Å². The molecule has 2 amide bonds. The van der Waals surface area contributed by atoms with Gasteiger partial charge in [0.2, 0.25) is 0 Å². The summed E-state index contributed by atoms with van der Waals surface area (Å²) >= 11 is 0. The zero-order valence-corrected chi connectivity index (χ0v) is 9.00. The molecule has 2 unspecified atom stereocenters. The maximum atomic E-state index is 12.0. The Kier molecular flexibility index (Phi) is 3.11. The van der Waals surface area contributed by atoms with E-state index >= 15 is 0 Å². The van der Waals surface area contributed by atoms with Gasteiger partial charge < -0.3 is 0 Å². The topological polar surface area (TPSA) is 46.6 Å². The molecule has 1 saturated carbocycles. The van der Waals surface area contributed by atoms with Gasteiger partial charge >= 0.3 is 6.18 Å². The Labute approximate surface area is 95.7 Å². The Morgan fingerprint density at radius 1 is 1.12 bits per heavy atom. The fourth-order valence-corrected chi connectivity index (χ4v) is 2.40. The molecule has 0 spiro atoms. The molecule has 2 rings (SSSR count). The highest BCUT2D eigenvalue weighted by atomic mass is 19.4. The van der Waals surface area contributed by atoms with Gasteiger partial charge in [0.05, 0.1) is 11.8 Å². The monoisotopic (exact) mass is 251 g/mol. The number of nitrogens with zero attached hydrogens (tertiary/aromatic N) is 1. The van der Waals surface area contributed by atoms with Gasteiger partial charge in [-0.1, -0.05) is 12.8 Å². The lowest BCUT2D eigenvalue weighted by Gasteiger charge is -2.19. The molecule has 2 aliphatic rings. The number of fused-ring (bicyclic) bond motifs is 1. The standard InChI is InChI=1S/C10H12F3NO3/c11-10(12,13)5-17-14-8(15)6-3-1-2-4-7(6)9(14)16/h6-7H,1-5H2. The molecule has 0 aromatic heterocycles. The molecular weight excluding hydrogens is 239 g/mol. The van der Waals surface area contributed by atoms with Gasteiger partial charge in [-0.05, 0) is 12.8 Å². The predicted molar refractivity (Wildman–Crippen MR) is 49.3 cm³/mol. The van der Waals surface area contributed by atoms with E-state index in [1.807, 2.05) is 0 Å². The van der Waals surface area contributed by atoms with Crippen LogP contribution in [0.25, 0.3) is 0 Å². The Morgan fingerprint density at radius 3 is 2.00 bits per heavy atom. The second-order valence-electron chi connectivity index (χ2n) is 4.36. The third kappa shape index (κ3) is 2.43. The molecule has 2 fully saturated rings. The number of rotatable bonds is 2. The second-order valence-corrected chi connectivity index (χ2v) is 4.36. The van der Waals surface area contributed by atoms with Crippen LogP contribution in [0.5, 0.6) is 0 Å². The van der Waals surface area contributed by atoms with Gasteiger partial charge in [0, 0.05) is 0 Å². The first-order chi connectivity index (χ1) is 7.90. The van der Waals surface area contributed by atoms with Crippen LogP contribution in [0.15, 0.2) is 0 Å². The number of hydrogen-bond donors (Lipinski definition) is 0. The summed E-state index contributed by atoms with van der Waals surface area (Å²) < 4.78 is 35.9. The van der Waals surface area contributed by atoms with E-state index in [2.05, 4.69) is 4.84 Å². The molecule has 1 saturated heterocycles. The zero-order chi connectivity index (χ0) is 12.6. The Balaban J connectivity index is 2.03. The predicted octanol–water partition coefficient (Wildman–Crippen LogP) is 1.66. The molecule has 17 heavy (non-hydrogen) atoms. The van der Waals surface area contributed by atoms with E-state index in [9.17, 15) is 22.8 Å². The van der Waals surface area contributed by atoms with Crippen molar-refractivity contribution < 1.29 is 27.6 Å². The van der Waals surface area contributed by atoms with Gasteiger partial charge in [-0.25, -0.2) is 0 Å². The summed E-state index contributed by atoms with van der Waals surface area (Å²) in [4.78, 5) is 27.7. The van der Waals surface area contributed by atoms with E-state index < -0.39 is 36.4 Å². The van der Waals surface area contributed by atoms with Crippen LogP contribution in [0, 0.1) is 11.8 Å². The first kappa shape index (κ1) is 12.3. The molecule has 7 heteroatoms. The zero-order valence-electron chi connectivity index (χ0n) is 9.00. The number of halogens is 3. The van der Waals surface area contributed by atoms with Crippen molar-refractivity contribution in [3.05, 3.63) is 0 Å². The van der Waals surface area contributed by atoms with Crippen molar-refractivity contribution in [3.63, 3.8) is 0 Å². The molecule has 1 aliphatic heterocycles. The van der Waals surface area contributed by atoms with E-state index in [1.54, 1.807) is 0 Å². The SMILES string of the molecule is O=C1C2CCCCC2C(=O)N1OCC(F)(F)F. The van der Waals surface area contributed by atoms with Crippen LogP contribution in [0.2, 0.25) is 0 Å². The summed E-state index contributed by atoms with van der Waals surface area (Å²) in [6, 6.07) is 0. The summed E-state index contributed by atoms with van der Waals surface area (Å²) in [5.74, 6) is -2.21. The maximum Gasteiger partial charge on any atom is 0.414 e. The number of hydroxylamine groups is 2. The molecule has 0 aromatic rings. The van der Waals surface area contributed by atoms with Crippen molar-refractivity contribution in [3.8, 4) is 0 Å². The van der Waals surface area contributed by atoms with E-state index in [-0.39, 0.29) is 0 Å². The van der Waals surface area contributed by atoms with Crippen LogP contribution >= 0.6 is 0 Å². The van der Waals surface area contributed by atoms with E-state index in [0.717, 1.165) is 12.8 Å². The summed E-state index contributed by atoms with van der Waals surface area (Å²) in [6.07, 6.45) is -1.78. The number of alkyl halides is 3. The number of hydrogen-bond acceptors (Lipinski definition) is 3. The van der Waals surface area contributed by atoms with Crippen molar-refractivity contribution >= 4 is 11.8 Å². The largest absolute Gasteiger partial charge is 0.414 e. The highest BCUT2D eigenvalue weighted by Gasteiger charge is 2.50. The average molecular weight is 251 g/mol. The molecule has 0 N–H and O–H groups in total. The van der Waals surface area contributed by atoms with Crippen molar-refractivity contribution in [1.29, 1.82) is 0 Å². The quantitative estimate of drug-likeness (QED) is 0.701. The average Bonchev–Trinajstić information content (AvgIpc) is 2.49. The van der Waals surface area contributed by atoms with Gasteiger partial charge in [-0.2, -0.15) is 18.2 Å². The molecular formula is C10H12F3NO3. The van der Waals surface area contributed by atoms with Crippen molar-refractivity contribution in [2.45, 2.75) is 31.9 Å². The van der Waals surface area contributed by atoms with Crippen molar-refractivity contribution in [2.75, 3.05) is 6.61 Å². The van der Waals surface area contributed by atoms with Gasteiger partial charge in [0.25, 0.3) is 11.8 Å².